The molecule has 204 valence electrons. The van der Waals surface area contributed by atoms with Gasteiger partial charge in [-0.05, 0) is 67.1 Å². The molecule has 0 heterocycles. The minimum atomic E-state index is -2.53. The Morgan fingerprint density at radius 2 is 1.71 bits per heavy atom. The summed E-state index contributed by atoms with van der Waals surface area (Å²) in [5, 5.41) is 22.9. The van der Waals surface area contributed by atoms with Crippen LogP contribution in [0, 0.1) is 34.5 Å². The molecule has 4 rings (SSSR count). The van der Waals surface area contributed by atoms with E-state index in [9.17, 15) is 29.4 Å². The van der Waals surface area contributed by atoms with E-state index in [-0.39, 0.29) is 17.2 Å². The summed E-state index contributed by atoms with van der Waals surface area (Å²) in [6.07, 6.45) is 3.08. The lowest BCUT2D eigenvalue weighted by Crippen LogP contribution is -2.75. The summed E-state index contributed by atoms with van der Waals surface area (Å²) in [5.41, 5.74) is -1.62. The van der Waals surface area contributed by atoms with Crippen LogP contribution in [0.5, 0.6) is 5.75 Å². The Labute approximate surface area is 225 Å². The molecule has 0 radical (unpaired) electrons. The molecule has 6 heteroatoms. The third kappa shape index (κ3) is 3.41. The minimum absolute atomic E-state index is 0.0840. The first-order chi connectivity index (χ1) is 17.5. The molecule has 2 N–H and O–H groups in total. The number of ketones is 4. The van der Waals surface area contributed by atoms with E-state index in [1.165, 1.54) is 13.0 Å². The van der Waals surface area contributed by atoms with Crippen LogP contribution in [0.25, 0.3) is 0 Å². The first kappa shape index (κ1) is 28.2. The van der Waals surface area contributed by atoms with Crippen molar-refractivity contribution in [2.24, 2.45) is 34.5 Å². The predicted molar refractivity (Wildman–Crippen MR) is 145 cm³/mol. The van der Waals surface area contributed by atoms with Gasteiger partial charge in [0.2, 0.25) is 0 Å². The third-order valence-corrected chi connectivity index (χ3v) is 10.2. The van der Waals surface area contributed by atoms with E-state index in [4.69, 9.17) is 0 Å². The largest absolute Gasteiger partial charge is 0.507 e. The molecule has 0 aliphatic heterocycles. The Kier molecular flexibility index (Phi) is 6.55. The van der Waals surface area contributed by atoms with Crippen LogP contribution < -0.4 is 0 Å². The Balaban J connectivity index is 1.97. The maximum atomic E-state index is 14.3. The van der Waals surface area contributed by atoms with Crippen LogP contribution in [0.4, 0.5) is 0 Å². The number of phenols is 1. The second-order valence-corrected chi connectivity index (χ2v) is 12.8. The topological polar surface area (TPSA) is 109 Å². The Morgan fingerprint density at radius 1 is 1.11 bits per heavy atom. The van der Waals surface area contributed by atoms with Gasteiger partial charge in [-0.15, -0.1) is 0 Å². The van der Waals surface area contributed by atoms with Crippen molar-refractivity contribution in [3.8, 4) is 5.75 Å². The van der Waals surface area contributed by atoms with Gasteiger partial charge in [0, 0.05) is 5.41 Å². The minimum Gasteiger partial charge on any atom is -0.507 e. The van der Waals surface area contributed by atoms with Crippen LogP contribution in [0.3, 0.4) is 0 Å². The van der Waals surface area contributed by atoms with Crippen LogP contribution >= 0.6 is 0 Å². The van der Waals surface area contributed by atoms with Crippen LogP contribution in [-0.4, -0.2) is 38.9 Å². The zero-order valence-corrected chi connectivity index (χ0v) is 23.8. The van der Waals surface area contributed by atoms with Crippen molar-refractivity contribution in [1.82, 2.24) is 0 Å². The van der Waals surface area contributed by atoms with Gasteiger partial charge in [-0.3, -0.25) is 19.2 Å². The average molecular weight is 521 g/mol. The fourth-order valence-electron chi connectivity index (χ4n) is 8.02. The zero-order chi connectivity index (χ0) is 28.7. The van der Waals surface area contributed by atoms with Gasteiger partial charge in [-0.2, -0.15) is 0 Å². The molecule has 0 amide bonds. The predicted octanol–water partition coefficient (Wildman–Crippen LogP) is 5.15. The number of aromatic hydroxyl groups is 1. The van der Waals surface area contributed by atoms with Crippen LogP contribution in [0.1, 0.15) is 89.2 Å². The highest BCUT2D eigenvalue weighted by Gasteiger charge is 2.75. The number of carbonyl (C=O) groups excluding carboxylic acids is 4. The van der Waals surface area contributed by atoms with Gasteiger partial charge in [0.1, 0.15) is 17.5 Å². The highest BCUT2D eigenvalue weighted by Crippen LogP contribution is 2.67. The Hall–Kier alpha value is -2.86. The standard InChI is InChI=1S/C32H40O6/c1-15(2)12-16(3)13-21-10-11-22(34)25-24(21)18(5)31(9)20(7)30(8)14-17(4)23(19(6)33)28(36)32(30,38)29(37)26(31)27(25)35/h10-11,14-15,18,20,23,26,34,38H,3,12-13H2,1-2,4-9H3/t18-,20+,23?,26?,30+,31-,32+/m0/s1. The lowest BCUT2D eigenvalue weighted by molar-refractivity contribution is -0.193. The molecule has 7 atom stereocenters. The van der Waals surface area contributed by atoms with Gasteiger partial charge in [0.15, 0.2) is 23.0 Å². The van der Waals surface area contributed by atoms with Crippen molar-refractivity contribution in [1.29, 1.82) is 0 Å². The molecule has 38 heavy (non-hydrogen) atoms. The molecule has 3 aliphatic rings. The van der Waals surface area contributed by atoms with Gasteiger partial charge in [0.05, 0.1) is 11.5 Å². The number of hydrogen-bond acceptors (Lipinski definition) is 6. The van der Waals surface area contributed by atoms with Crippen molar-refractivity contribution in [2.45, 2.75) is 79.8 Å². The highest BCUT2D eigenvalue weighted by atomic mass is 16.3. The summed E-state index contributed by atoms with van der Waals surface area (Å²) < 4.78 is 0. The number of rotatable bonds is 5. The molecule has 3 aliphatic carbocycles. The number of benzene rings is 1. The molecule has 1 aromatic carbocycles. The Bertz CT molecular complexity index is 1320. The number of aliphatic hydroxyl groups is 1. The molecule has 0 saturated heterocycles. The molecule has 2 unspecified atom stereocenters. The van der Waals surface area contributed by atoms with Crippen molar-refractivity contribution in [3.63, 3.8) is 0 Å². The van der Waals surface area contributed by atoms with Gasteiger partial charge in [-0.25, -0.2) is 0 Å². The van der Waals surface area contributed by atoms with Gasteiger partial charge in [0.25, 0.3) is 0 Å². The van der Waals surface area contributed by atoms with Crippen LogP contribution in [0.2, 0.25) is 0 Å². The first-order valence-electron chi connectivity index (χ1n) is 13.5. The fraction of sp³-hybridized carbons (Fsp3) is 0.562. The average Bonchev–Trinajstić information content (AvgIpc) is 2.79. The molecule has 6 nitrogen and oxygen atoms in total. The molecule has 1 saturated carbocycles. The second-order valence-electron chi connectivity index (χ2n) is 12.8. The second kappa shape index (κ2) is 8.84. The van der Waals surface area contributed by atoms with Crippen molar-refractivity contribution in [3.05, 3.63) is 52.6 Å². The quantitative estimate of drug-likeness (QED) is 0.411. The van der Waals surface area contributed by atoms with E-state index in [1.807, 2.05) is 26.8 Å². The summed E-state index contributed by atoms with van der Waals surface area (Å²) in [7, 11) is 0. The van der Waals surface area contributed by atoms with E-state index in [1.54, 1.807) is 19.9 Å². The summed E-state index contributed by atoms with van der Waals surface area (Å²) in [4.78, 5) is 54.6. The highest BCUT2D eigenvalue weighted by molar-refractivity contribution is 6.27. The van der Waals surface area contributed by atoms with Crippen molar-refractivity contribution < 1.29 is 29.4 Å². The smallest absolute Gasteiger partial charge is 0.192 e. The molecule has 1 aromatic rings. The summed E-state index contributed by atoms with van der Waals surface area (Å²) in [6.45, 7) is 18.8. The molecule has 0 aromatic heterocycles. The lowest BCUT2D eigenvalue weighted by atomic mass is 9.38. The number of carbonyl (C=O) groups is 4. The van der Waals surface area contributed by atoms with Crippen molar-refractivity contribution in [2.75, 3.05) is 0 Å². The van der Waals surface area contributed by atoms with Crippen molar-refractivity contribution >= 4 is 23.1 Å². The van der Waals surface area contributed by atoms with E-state index in [0.29, 0.717) is 23.5 Å². The molecular weight excluding hydrogens is 480 g/mol. The fourth-order valence-corrected chi connectivity index (χ4v) is 8.02. The number of allylic oxidation sites excluding steroid dienone is 2. The van der Waals surface area contributed by atoms with Crippen LogP contribution in [0.15, 0.2) is 35.9 Å². The summed E-state index contributed by atoms with van der Waals surface area (Å²) >= 11 is 0. The van der Waals surface area contributed by atoms with E-state index in [0.717, 1.165) is 17.6 Å². The molecular formula is C32H40O6. The summed E-state index contributed by atoms with van der Waals surface area (Å²) in [5.74, 6) is -6.01. The third-order valence-electron chi connectivity index (χ3n) is 10.2. The number of Topliss-reactive ketones (excluding diaryl/α,β-unsaturated/α-hetero) is 4. The zero-order valence-electron chi connectivity index (χ0n) is 23.8. The maximum absolute atomic E-state index is 14.3. The van der Waals surface area contributed by atoms with Gasteiger partial charge >= 0.3 is 0 Å². The van der Waals surface area contributed by atoms with Crippen LogP contribution in [-0.2, 0) is 20.8 Å². The SMILES string of the molecule is C=C(Cc1ccc(O)c2c1[C@H](C)[C@]1(C)C(C2=O)C(=O)[C@]2(O)C(=O)C(C(C)=O)C(C)=C[C@]2(C)[C@H]1C)CC(C)C. The molecule has 0 bridgehead atoms. The Morgan fingerprint density at radius 3 is 2.26 bits per heavy atom. The number of phenolic OH excluding ortho intramolecular Hbond substituents is 1. The van der Waals surface area contributed by atoms with Gasteiger partial charge in [-0.1, -0.05) is 71.4 Å². The monoisotopic (exact) mass is 520 g/mol. The number of hydrogen-bond donors (Lipinski definition) is 2. The van der Waals surface area contributed by atoms with Gasteiger partial charge < -0.3 is 10.2 Å². The van der Waals surface area contributed by atoms with E-state index in [2.05, 4.69) is 20.4 Å². The summed E-state index contributed by atoms with van der Waals surface area (Å²) in [6, 6.07) is 3.30. The normalized spacial score (nSPS) is 36.4. The molecule has 1 fully saturated rings. The maximum Gasteiger partial charge on any atom is 0.192 e. The number of fused-ring (bicyclic) bond motifs is 3. The lowest BCUT2D eigenvalue weighted by Gasteiger charge is -2.63. The van der Waals surface area contributed by atoms with E-state index < -0.39 is 57.3 Å². The molecule has 0 spiro atoms. The first-order valence-corrected chi connectivity index (χ1v) is 13.5. The van der Waals surface area contributed by atoms with E-state index >= 15 is 0 Å².